The van der Waals surface area contributed by atoms with Crippen LogP contribution in [0.25, 0.3) is 0 Å². The van der Waals surface area contributed by atoms with Crippen molar-refractivity contribution >= 4 is 40.7 Å². The lowest BCUT2D eigenvalue weighted by molar-refractivity contribution is -0.127. The maximum Gasteiger partial charge on any atom is 0.229 e. The van der Waals surface area contributed by atoms with Gasteiger partial charge in [-0.3, -0.25) is 14.4 Å². The van der Waals surface area contributed by atoms with E-state index in [1.165, 1.54) is 0 Å². The standard InChI is InChI=1S/C17H20ClN3O3/c1-3-7-21-10-11(8-16(21)23)17(24)19-12-5-6-14(13(18)9-12)20-15(22)4-2/h3,5-6,9,11H,1,4,7-8,10H2,2H3,(H,19,24)(H,20,22)/t11-/m0/s1. The van der Waals surface area contributed by atoms with Crippen LogP contribution in [0.3, 0.4) is 0 Å². The lowest BCUT2D eigenvalue weighted by Gasteiger charge is -2.14. The summed E-state index contributed by atoms with van der Waals surface area (Å²) in [5.41, 5.74) is 1.02. The second kappa shape index (κ2) is 7.97. The predicted octanol–water partition coefficient (Wildman–Crippen LogP) is 2.66. The van der Waals surface area contributed by atoms with Crippen LogP contribution in [0.15, 0.2) is 30.9 Å². The second-order valence-electron chi connectivity index (χ2n) is 5.57. The summed E-state index contributed by atoms with van der Waals surface area (Å²) in [7, 11) is 0. The van der Waals surface area contributed by atoms with Crippen LogP contribution >= 0.6 is 11.6 Å². The highest BCUT2D eigenvalue weighted by molar-refractivity contribution is 6.34. The van der Waals surface area contributed by atoms with Crippen LogP contribution < -0.4 is 10.6 Å². The van der Waals surface area contributed by atoms with Gasteiger partial charge in [-0.15, -0.1) is 6.58 Å². The lowest BCUT2D eigenvalue weighted by atomic mass is 10.1. The van der Waals surface area contributed by atoms with Gasteiger partial charge in [-0.2, -0.15) is 0 Å². The van der Waals surface area contributed by atoms with Crippen molar-refractivity contribution in [2.45, 2.75) is 19.8 Å². The van der Waals surface area contributed by atoms with Crippen LogP contribution in [0.5, 0.6) is 0 Å². The molecule has 1 heterocycles. The summed E-state index contributed by atoms with van der Waals surface area (Å²) in [5, 5.41) is 5.78. The topological polar surface area (TPSA) is 78.5 Å². The Balaban J connectivity index is 1.99. The van der Waals surface area contributed by atoms with Gasteiger partial charge in [0.15, 0.2) is 0 Å². The highest BCUT2D eigenvalue weighted by atomic mass is 35.5. The molecule has 1 aromatic rings. The van der Waals surface area contributed by atoms with Gasteiger partial charge < -0.3 is 15.5 Å². The molecule has 0 spiro atoms. The minimum absolute atomic E-state index is 0.0503. The highest BCUT2D eigenvalue weighted by Crippen LogP contribution is 2.27. The SMILES string of the molecule is C=CCN1C[C@@H](C(=O)Nc2ccc(NC(=O)CC)c(Cl)c2)CC1=O. The van der Waals surface area contributed by atoms with E-state index in [2.05, 4.69) is 17.2 Å². The fourth-order valence-corrected chi connectivity index (χ4v) is 2.69. The Kier molecular flexibility index (Phi) is 5.98. The Hall–Kier alpha value is -2.34. The van der Waals surface area contributed by atoms with Crippen molar-refractivity contribution in [3.8, 4) is 0 Å². The van der Waals surface area contributed by atoms with E-state index < -0.39 is 5.92 Å². The number of anilines is 2. The number of hydrogen-bond donors (Lipinski definition) is 2. The van der Waals surface area contributed by atoms with Gasteiger partial charge in [0, 0.05) is 31.6 Å². The fraction of sp³-hybridized carbons (Fsp3) is 0.353. The zero-order valence-corrected chi connectivity index (χ0v) is 14.2. The molecule has 0 aromatic heterocycles. The molecule has 1 aromatic carbocycles. The maximum atomic E-state index is 12.3. The summed E-state index contributed by atoms with van der Waals surface area (Å²) < 4.78 is 0. The molecule has 1 aliphatic heterocycles. The van der Waals surface area contributed by atoms with E-state index in [0.717, 1.165) is 0 Å². The van der Waals surface area contributed by atoms with Gasteiger partial charge >= 0.3 is 0 Å². The van der Waals surface area contributed by atoms with Gasteiger partial charge in [-0.1, -0.05) is 24.6 Å². The molecular formula is C17H20ClN3O3. The smallest absolute Gasteiger partial charge is 0.229 e. The largest absolute Gasteiger partial charge is 0.338 e. The minimum atomic E-state index is -0.393. The molecule has 1 atom stereocenters. The third-order valence-corrected chi connectivity index (χ3v) is 4.08. The molecule has 1 saturated heterocycles. The van der Waals surface area contributed by atoms with E-state index in [4.69, 9.17) is 11.6 Å². The van der Waals surface area contributed by atoms with Crippen LogP contribution in [0.2, 0.25) is 5.02 Å². The molecule has 1 fully saturated rings. The second-order valence-corrected chi connectivity index (χ2v) is 5.98. The molecule has 2 N–H and O–H groups in total. The summed E-state index contributed by atoms with van der Waals surface area (Å²) >= 11 is 6.12. The summed E-state index contributed by atoms with van der Waals surface area (Å²) in [6, 6.07) is 4.87. The molecule has 0 aliphatic carbocycles. The Labute approximate surface area is 145 Å². The van der Waals surface area contributed by atoms with Gasteiger partial charge in [0.2, 0.25) is 17.7 Å². The van der Waals surface area contributed by atoms with E-state index in [-0.39, 0.29) is 24.1 Å². The molecule has 24 heavy (non-hydrogen) atoms. The number of carbonyl (C=O) groups is 3. The summed E-state index contributed by atoms with van der Waals surface area (Å²) in [5.74, 6) is -0.807. The Bertz CT molecular complexity index is 675. The highest BCUT2D eigenvalue weighted by Gasteiger charge is 2.33. The minimum Gasteiger partial charge on any atom is -0.338 e. The molecule has 128 valence electrons. The number of nitrogens with one attached hydrogen (secondary N) is 2. The van der Waals surface area contributed by atoms with Crippen LogP contribution in [0.1, 0.15) is 19.8 Å². The number of rotatable bonds is 6. The number of benzene rings is 1. The first kappa shape index (κ1) is 18.0. The van der Waals surface area contributed by atoms with E-state index >= 15 is 0 Å². The van der Waals surface area contributed by atoms with Gasteiger partial charge in [0.1, 0.15) is 0 Å². The van der Waals surface area contributed by atoms with Gasteiger partial charge in [0.05, 0.1) is 16.6 Å². The molecule has 0 saturated carbocycles. The summed E-state index contributed by atoms with van der Waals surface area (Å²) in [6.07, 6.45) is 2.19. The Morgan fingerprint density at radius 3 is 2.79 bits per heavy atom. The quantitative estimate of drug-likeness (QED) is 0.775. The third-order valence-electron chi connectivity index (χ3n) is 3.77. The zero-order chi connectivity index (χ0) is 17.7. The maximum absolute atomic E-state index is 12.3. The average Bonchev–Trinajstić information content (AvgIpc) is 2.91. The zero-order valence-electron chi connectivity index (χ0n) is 13.5. The van der Waals surface area contributed by atoms with Crippen molar-refractivity contribution in [3.63, 3.8) is 0 Å². The van der Waals surface area contributed by atoms with Crippen LogP contribution in [-0.2, 0) is 14.4 Å². The number of likely N-dealkylation sites (tertiary alicyclic amines) is 1. The number of hydrogen-bond acceptors (Lipinski definition) is 3. The molecule has 1 aliphatic rings. The van der Waals surface area contributed by atoms with E-state index in [0.29, 0.717) is 35.9 Å². The van der Waals surface area contributed by atoms with Crippen molar-refractivity contribution in [2.24, 2.45) is 5.92 Å². The number of halogens is 1. The number of nitrogens with zero attached hydrogens (tertiary/aromatic N) is 1. The summed E-state index contributed by atoms with van der Waals surface area (Å²) in [4.78, 5) is 37.1. The van der Waals surface area contributed by atoms with Crippen molar-refractivity contribution in [3.05, 3.63) is 35.9 Å². The first-order chi connectivity index (χ1) is 11.4. The van der Waals surface area contributed by atoms with E-state index in [1.54, 1.807) is 36.1 Å². The van der Waals surface area contributed by atoms with Gasteiger partial charge in [-0.25, -0.2) is 0 Å². The molecule has 0 unspecified atom stereocenters. The monoisotopic (exact) mass is 349 g/mol. The summed E-state index contributed by atoms with van der Waals surface area (Å²) in [6.45, 7) is 6.18. The first-order valence-corrected chi connectivity index (χ1v) is 8.11. The molecule has 6 nitrogen and oxygen atoms in total. The van der Waals surface area contributed by atoms with Crippen molar-refractivity contribution in [1.82, 2.24) is 4.90 Å². The van der Waals surface area contributed by atoms with Crippen molar-refractivity contribution in [1.29, 1.82) is 0 Å². The first-order valence-electron chi connectivity index (χ1n) is 7.73. The van der Waals surface area contributed by atoms with Gasteiger partial charge in [0.25, 0.3) is 0 Å². The fourth-order valence-electron chi connectivity index (χ4n) is 2.46. The van der Waals surface area contributed by atoms with Crippen LogP contribution in [0.4, 0.5) is 11.4 Å². The Morgan fingerprint density at radius 2 is 2.17 bits per heavy atom. The average molecular weight is 350 g/mol. The molecule has 0 radical (unpaired) electrons. The molecule has 7 heteroatoms. The molecule has 0 bridgehead atoms. The number of amides is 3. The lowest BCUT2D eigenvalue weighted by Crippen LogP contribution is -2.28. The van der Waals surface area contributed by atoms with E-state index in [1.807, 2.05) is 0 Å². The molecular weight excluding hydrogens is 330 g/mol. The van der Waals surface area contributed by atoms with Gasteiger partial charge in [-0.05, 0) is 18.2 Å². The molecule has 2 rings (SSSR count). The van der Waals surface area contributed by atoms with Crippen molar-refractivity contribution in [2.75, 3.05) is 23.7 Å². The third kappa shape index (κ3) is 4.35. The Morgan fingerprint density at radius 1 is 1.42 bits per heavy atom. The van der Waals surface area contributed by atoms with Crippen LogP contribution in [-0.4, -0.2) is 35.7 Å². The normalized spacial score (nSPS) is 16.8. The predicted molar refractivity (Wildman–Crippen MR) is 93.9 cm³/mol. The molecule has 3 amide bonds. The van der Waals surface area contributed by atoms with Crippen molar-refractivity contribution < 1.29 is 14.4 Å². The van der Waals surface area contributed by atoms with Crippen LogP contribution in [0, 0.1) is 5.92 Å². The number of carbonyl (C=O) groups excluding carboxylic acids is 3. The van der Waals surface area contributed by atoms with E-state index in [9.17, 15) is 14.4 Å².